The van der Waals surface area contributed by atoms with Gasteiger partial charge in [0.2, 0.25) is 0 Å². The van der Waals surface area contributed by atoms with Crippen LogP contribution in [0, 0.1) is 0 Å². The molecule has 0 N–H and O–H groups in total. The molecule has 0 aliphatic rings. The highest BCUT2D eigenvalue weighted by Crippen LogP contribution is 2.40. The molecule has 0 saturated heterocycles. The van der Waals surface area contributed by atoms with Crippen molar-refractivity contribution in [3.63, 3.8) is 0 Å². The van der Waals surface area contributed by atoms with Crippen LogP contribution in [0.4, 0.5) is 0 Å². The van der Waals surface area contributed by atoms with Gasteiger partial charge in [-0.15, -0.1) is 0 Å². The zero-order valence-electron chi connectivity index (χ0n) is 24.4. The Morgan fingerprint density at radius 2 is 1.07 bits per heavy atom. The average Bonchev–Trinajstić information content (AvgIpc) is 3.09. The second kappa shape index (κ2) is 13.4. The first kappa shape index (κ1) is 28.2. The van der Waals surface area contributed by atoms with Crippen molar-refractivity contribution in [2.75, 3.05) is 14.2 Å². The van der Waals surface area contributed by atoms with Crippen LogP contribution in [0.3, 0.4) is 0 Å². The standard InChI is InChI=1S/C40H33O2P/c1-41-32-17-13-15-30(27-32)28-39(31-16-14-18-33(29-31)42-2)37-24-10-9-23-36(37)38-25-11-12-26-40(38)43(34-19-5-3-6-20-34)35-21-7-4-8-22-35/h3-29H,1-2H3/b39-28+. The van der Waals surface area contributed by atoms with Gasteiger partial charge in [0.15, 0.2) is 0 Å². The topological polar surface area (TPSA) is 18.5 Å². The van der Waals surface area contributed by atoms with Crippen LogP contribution in [-0.4, -0.2) is 14.2 Å². The minimum absolute atomic E-state index is 0.795. The Hall–Kier alpha value is -4.91. The molecule has 0 saturated carbocycles. The lowest BCUT2D eigenvalue weighted by Gasteiger charge is -2.24. The minimum Gasteiger partial charge on any atom is -0.497 e. The van der Waals surface area contributed by atoms with E-state index in [2.05, 4.69) is 140 Å². The molecule has 0 aromatic heterocycles. The summed E-state index contributed by atoms with van der Waals surface area (Å²) in [6.07, 6.45) is 2.25. The number of methoxy groups -OCH3 is 2. The zero-order chi connectivity index (χ0) is 29.4. The maximum atomic E-state index is 5.65. The summed E-state index contributed by atoms with van der Waals surface area (Å²) in [5.74, 6) is 1.65. The third-order valence-corrected chi connectivity index (χ3v) is 9.97. The van der Waals surface area contributed by atoms with E-state index >= 15 is 0 Å². The van der Waals surface area contributed by atoms with Crippen LogP contribution in [-0.2, 0) is 0 Å². The van der Waals surface area contributed by atoms with Crippen LogP contribution in [0.2, 0.25) is 0 Å². The van der Waals surface area contributed by atoms with Gasteiger partial charge in [-0.05, 0) is 87.6 Å². The average molecular weight is 577 g/mol. The second-order valence-corrected chi connectivity index (χ2v) is 12.3. The van der Waals surface area contributed by atoms with Crippen molar-refractivity contribution >= 4 is 35.5 Å². The van der Waals surface area contributed by atoms with Crippen molar-refractivity contribution in [1.29, 1.82) is 0 Å². The van der Waals surface area contributed by atoms with Gasteiger partial charge in [-0.1, -0.05) is 133 Å². The summed E-state index contributed by atoms with van der Waals surface area (Å²) in [4.78, 5) is 0. The molecule has 0 bridgehead atoms. The first-order valence-corrected chi connectivity index (χ1v) is 15.7. The van der Waals surface area contributed by atoms with Crippen molar-refractivity contribution in [1.82, 2.24) is 0 Å². The highest BCUT2D eigenvalue weighted by molar-refractivity contribution is 7.80. The summed E-state index contributed by atoms with van der Waals surface area (Å²) in [5.41, 5.74) is 6.84. The number of benzene rings is 6. The van der Waals surface area contributed by atoms with Crippen molar-refractivity contribution in [3.05, 3.63) is 174 Å². The molecule has 6 aromatic carbocycles. The Balaban J connectivity index is 1.59. The maximum Gasteiger partial charge on any atom is 0.119 e. The Morgan fingerprint density at radius 3 is 1.74 bits per heavy atom. The summed E-state index contributed by atoms with van der Waals surface area (Å²) in [6, 6.07) is 55.9. The van der Waals surface area contributed by atoms with Crippen molar-refractivity contribution < 1.29 is 9.47 Å². The van der Waals surface area contributed by atoms with E-state index in [1.54, 1.807) is 14.2 Å². The summed E-state index contributed by atoms with van der Waals surface area (Å²) < 4.78 is 11.2. The van der Waals surface area contributed by atoms with Gasteiger partial charge in [-0.2, -0.15) is 0 Å². The highest BCUT2D eigenvalue weighted by Gasteiger charge is 2.22. The Kier molecular flexibility index (Phi) is 8.78. The summed E-state index contributed by atoms with van der Waals surface area (Å²) in [6.45, 7) is 0. The second-order valence-electron chi connectivity index (χ2n) is 10.1. The molecule has 0 unspecified atom stereocenters. The summed E-state index contributed by atoms with van der Waals surface area (Å²) in [5, 5.41) is 3.98. The fourth-order valence-corrected chi connectivity index (χ4v) is 7.90. The molecule has 0 aliphatic heterocycles. The van der Waals surface area contributed by atoms with E-state index in [1.165, 1.54) is 27.0 Å². The molecule has 0 atom stereocenters. The third-order valence-electron chi connectivity index (χ3n) is 7.47. The van der Waals surface area contributed by atoms with Gasteiger partial charge in [-0.25, -0.2) is 0 Å². The van der Waals surface area contributed by atoms with Crippen LogP contribution in [0.1, 0.15) is 16.7 Å². The quantitative estimate of drug-likeness (QED) is 0.127. The lowest BCUT2D eigenvalue weighted by Crippen LogP contribution is -2.22. The number of hydrogen-bond donors (Lipinski definition) is 0. The van der Waals surface area contributed by atoms with E-state index in [0.29, 0.717) is 0 Å². The molecule has 0 heterocycles. The van der Waals surface area contributed by atoms with E-state index < -0.39 is 7.92 Å². The molecule has 2 nitrogen and oxygen atoms in total. The maximum absolute atomic E-state index is 5.65. The molecule has 0 amide bonds. The Morgan fingerprint density at radius 1 is 0.512 bits per heavy atom. The van der Waals surface area contributed by atoms with E-state index in [4.69, 9.17) is 9.47 Å². The molecule has 210 valence electrons. The van der Waals surface area contributed by atoms with Crippen LogP contribution < -0.4 is 25.4 Å². The van der Waals surface area contributed by atoms with Crippen LogP contribution in [0.15, 0.2) is 158 Å². The third kappa shape index (κ3) is 6.31. The van der Waals surface area contributed by atoms with Gasteiger partial charge in [0.25, 0.3) is 0 Å². The van der Waals surface area contributed by atoms with Gasteiger partial charge in [-0.3, -0.25) is 0 Å². The van der Waals surface area contributed by atoms with Crippen molar-refractivity contribution in [3.8, 4) is 22.6 Å². The minimum atomic E-state index is -0.795. The lowest BCUT2D eigenvalue weighted by molar-refractivity contribution is 0.414. The summed E-state index contributed by atoms with van der Waals surface area (Å²) >= 11 is 0. The Bertz CT molecular complexity index is 1800. The van der Waals surface area contributed by atoms with Gasteiger partial charge in [0.05, 0.1) is 14.2 Å². The molecular formula is C40H33O2P. The molecule has 0 fully saturated rings. The van der Waals surface area contributed by atoms with Crippen LogP contribution >= 0.6 is 7.92 Å². The van der Waals surface area contributed by atoms with Crippen molar-refractivity contribution in [2.45, 2.75) is 0 Å². The zero-order valence-corrected chi connectivity index (χ0v) is 25.2. The fraction of sp³-hybridized carbons (Fsp3) is 0.0500. The van der Waals surface area contributed by atoms with E-state index in [9.17, 15) is 0 Å². The predicted octanol–water partition coefficient (Wildman–Crippen LogP) is 8.72. The first-order valence-electron chi connectivity index (χ1n) is 14.3. The van der Waals surface area contributed by atoms with E-state index in [-0.39, 0.29) is 0 Å². The highest BCUT2D eigenvalue weighted by atomic mass is 31.1. The Labute approximate surface area is 255 Å². The molecule has 6 aromatic rings. The van der Waals surface area contributed by atoms with Crippen LogP contribution in [0.25, 0.3) is 22.8 Å². The molecule has 0 radical (unpaired) electrons. The molecule has 3 heteroatoms. The first-order chi connectivity index (χ1) is 21.2. The molecular weight excluding hydrogens is 543 g/mol. The van der Waals surface area contributed by atoms with Gasteiger partial charge in [0, 0.05) is 0 Å². The molecule has 6 rings (SSSR count). The molecule has 0 spiro atoms. The van der Waals surface area contributed by atoms with Gasteiger partial charge < -0.3 is 9.47 Å². The van der Waals surface area contributed by atoms with Crippen LogP contribution in [0.5, 0.6) is 11.5 Å². The monoisotopic (exact) mass is 576 g/mol. The lowest BCUT2D eigenvalue weighted by atomic mass is 9.89. The smallest absolute Gasteiger partial charge is 0.119 e. The fourth-order valence-electron chi connectivity index (χ4n) is 5.44. The molecule has 0 aliphatic carbocycles. The summed E-state index contributed by atoms with van der Waals surface area (Å²) in [7, 11) is 2.62. The van der Waals surface area contributed by atoms with E-state index in [1.807, 2.05) is 24.3 Å². The largest absolute Gasteiger partial charge is 0.497 e. The van der Waals surface area contributed by atoms with Crippen molar-refractivity contribution in [2.24, 2.45) is 0 Å². The van der Waals surface area contributed by atoms with Gasteiger partial charge >= 0.3 is 0 Å². The SMILES string of the molecule is COc1cccc(/C=C(\c2cccc(OC)c2)c2ccccc2-c2ccccc2P(c2ccccc2)c2ccccc2)c1. The number of hydrogen-bond acceptors (Lipinski definition) is 2. The predicted molar refractivity (Wildman–Crippen MR) is 184 cm³/mol. The van der Waals surface area contributed by atoms with Gasteiger partial charge in [0.1, 0.15) is 11.5 Å². The van der Waals surface area contributed by atoms with E-state index in [0.717, 1.165) is 33.8 Å². The number of rotatable bonds is 9. The normalized spacial score (nSPS) is 11.4. The molecule has 43 heavy (non-hydrogen) atoms. The number of ether oxygens (including phenoxy) is 2.